The summed E-state index contributed by atoms with van der Waals surface area (Å²) in [5, 5.41) is -0.283. The fourth-order valence-electron chi connectivity index (χ4n) is 2.37. The molecule has 1 atom stereocenters. The van der Waals surface area contributed by atoms with Crippen molar-refractivity contribution in [3.63, 3.8) is 0 Å². The predicted octanol–water partition coefficient (Wildman–Crippen LogP) is 3.43. The first kappa shape index (κ1) is 17.6. The Balaban J connectivity index is 2.04. The SMILES string of the molecule is CCC1SC(=NS(=O)(=O)c2ccc(F)cc2)N(c2ccccc2)C1=O. The van der Waals surface area contributed by atoms with Crippen LogP contribution in [-0.4, -0.2) is 24.7 Å². The lowest BCUT2D eigenvalue weighted by molar-refractivity contribution is -0.116. The molecule has 1 fully saturated rings. The van der Waals surface area contributed by atoms with E-state index in [1.807, 2.05) is 6.92 Å². The average Bonchev–Trinajstić information content (AvgIpc) is 2.90. The number of hydrogen-bond acceptors (Lipinski definition) is 4. The van der Waals surface area contributed by atoms with Crippen LogP contribution in [0, 0.1) is 5.82 Å². The summed E-state index contributed by atoms with van der Waals surface area (Å²) in [6, 6.07) is 13.2. The van der Waals surface area contributed by atoms with Crippen LogP contribution in [0.25, 0.3) is 0 Å². The lowest BCUT2D eigenvalue weighted by atomic mass is 10.2. The van der Waals surface area contributed by atoms with Gasteiger partial charge in [0.2, 0.25) is 5.91 Å². The van der Waals surface area contributed by atoms with E-state index in [0.717, 1.165) is 36.0 Å². The molecular formula is C17H15FN2O3S2. The summed E-state index contributed by atoms with van der Waals surface area (Å²) in [6.07, 6.45) is 0.558. The van der Waals surface area contributed by atoms with E-state index in [-0.39, 0.29) is 21.2 Å². The van der Waals surface area contributed by atoms with Gasteiger partial charge in [-0.15, -0.1) is 4.40 Å². The van der Waals surface area contributed by atoms with E-state index in [9.17, 15) is 17.6 Å². The number of rotatable bonds is 4. The van der Waals surface area contributed by atoms with Crippen LogP contribution in [0.4, 0.5) is 10.1 Å². The molecule has 130 valence electrons. The van der Waals surface area contributed by atoms with Crippen LogP contribution in [0.3, 0.4) is 0 Å². The van der Waals surface area contributed by atoms with Gasteiger partial charge in [-0.2, -0.15) is 8.42 Å². The van der Waals surface area contributed by atoms with Crippen LogP contribution in [0.1, 0.15) is 13.3 Å². The van der Waals surface area contributed by atoms with Crippen molar-refractivity contribution in [2.75, 3.05) is 4.90 Å². The van der Waals surface area contributed by atoms with Crippen LogP contribution in [0.5, 0.6) is 0 Å². The molecule has 1 aliphatic rings. The van der Waals surface area contributed by atoms with Gasteiger partial charge in [0, 0.05) is 0 Å². The van der Waals surface area contributed by atoms with Gasteiger partial charge in [0.15, 0.2) is 5.17 Å². The zero-order valence-electron chi connectivity index (χ0n) is 13.3. The molecule has 0 aliphatic carbocycles. The van der Waals surface area contributed by atoms with Gasteiger partial charge >= 0.3 is 0 Å². The number of halogens is 1. The number of hydrogen-bond donors (Lipinski definition) is 0. The van der Waals surface area contributed by atoms with Crippen molar-refractivity contribution in [2.24, 2.45) is 4.40 Å². The maximum Gasteiger partial charge on any atom is 0.284 e. The van der Waals surface area contributed by atoms with E-state index >= 15 is 0 Å². The summed E-state index contributed by atoms with van der Waals surface area (Å²) in [6.45, 7) is 1.86. The molecule has 0 bridgehead atoms. The Hall–Kier alpha value is -2.19. The van der Waals surface area contributed by atoms with Gasteiger partial charge < -0.3 is 0 Å². The highest BCUT2D eigenvalue weighted by Gasteiger charge is 2.39. The van der Waals surface area contributed by atoms with E-state index in [4.69, 9.17) is 0 Å². The number of carbonyl (C=O) groups excluding carboxylic acids is 1. The number of benzene rings is 2. The molecule has 0 saturated carbocycles. The van der Waals surface area contributed by atoms with Crippen molar-refractivity contribution in [3.8, 4) is 0 Å². The summed E-state index contributed by atoms with van der Waals surface area (Å²) in [5.74, 6) is -0.735. The van der Waals surface area contributed by atoms with E-state index in [2.05, 4.69) is 4.40 Å². The van der Waals surface area contributed by atoms with Gasteiger partial charge in [-0.1, -0.05) is 36.9 Å². The minimum atomic E-state index is -4.05. The third kappa shape index (κ3) is 3.59. The van der Waals surface area contributed by atoms with Crippen LogP contribution >= 0.6 is 11.8 Å². The molecule has 0 aromatic heterocycles. The van der Waals surface area contributed by atoms with Crippen molar-refractivity contribution in [1.29, 1.82) is 0 Å². The molecule has 1 saturated heterocycles. The molecule has 3 rings (SSSR count). The second-order valence-corrected chi connectivity index (χ2v) is 8.10. The molecule has 2 aromatic carbocycles. The first-order chi connectivity index (χ1) is 11.9. The Labute approximate surface area is 149 Å². The number of carbonyl (C=O) groups is 1. The van der Waals surface area contributed by atoms with Gasteiger partial charge in [-0.05, 0) is 42.8 Å². The molecule has 25 heavy (non-hydrogen) atoms. The summed E-state index contributed by atoms with van der Waals surface area (Å²) in [5.41, 5.74) is 0.559. The van der Waals surface area contributed by atoms with Crippen LogP contribution in [-0.2, 0) is 14.8 Å². The minimum absolute atomic E-state index is 0.104. The quantitative estimate of drug-likeness (QED) is 0.818. The molecule has 0 spiro atoms. The number of para-hydroxylation sites is 1. The molecule has 5 nitrogen and oxygen atoms in total. The highest BCUT2D eigenvalue weighted by Crippen LogP contribution is 2.34. The van der Waals surface area contributed by atoms with Crippen LogP contribution < -0.4 is 4.90 Å². The third-order valence-corrected chi connectivity index (χ3v) is 6.33. The predicted molar refractivity (Wildman–Crippen MR) is 96.6 cm³/mol. The fraction of sp³-hybridized carbons (Fsp3) is 0.176. The van der Waals surface area contributed by atoms with E-state index in [0.29, 0.717) is 12.1 Å². The third-order valence-electron chi connectivity index (χ3n) is 3.63. The zero-order valence-corrected chi connectivity index (χ0v) is 14.9. The largest absolute Gasteiger partial charge is 0.284 e. The van der Waals surface area contributed by atoms with Gasteiger partial charge in [0.1, 0.15) is 5.82 Å². The Morgan fingerprint density at radius 1 is 1.12 bits per heavy atom. The van der Waals surface area contributed by atoms with Crippen molar-refractivity contribution in [1.82, 2.24) is 0 Å². The fourth-order valence-corrected chi connectivity index (χ4v) is 4.63. The summed E-state index contributed by atoms with van der Waals surface area (Å²) in [7, 11) is -4.05. The topological polar surface area (TPSA) is 66.8 Å². The smallest absolute Gasteiger partial charge is 0.273 e. The molecule has 1 heterocycles. The van der Waals surface area contributed by atoms with Gasteiger partial charge in [0.05, 0.1) is 15.8 Å². The maximum atomic E-state index is 13.0. The highest BCUT2D eigenvalue weighted by atomic mass is 32.2. The first-order valence-corrected chi connectivity index (χ1v) is 9.90. The standard InChI is InChI=1S/C17H15FN2O3S2/c1-2-15-16(21)20(13-6-4-3-5-7-13)17(24-15)19-25(22,23)14-10-8-12(18)9-11-14/h3-11,15H,2H2,1H3. The normalized spacial score (nSPS) is 19.6. The molecule has 8 heteroatoms. The number of sulfonamides is 1. The van der Waals surface area contributed by atoms with Gasteiger partial charge in [0.25, 0.3) is 10.0 Å². The summed E-state index contributed by atoms with van der Waals surface area (Å²) in [4.78, 5) is 13.8. The number of anilines is 1. The molecule has 1 amide bonds. The van der Waals surface area contributed by atoms with Crippen molar-refractivity contribution < 1.29 is 17.6 Å². The Morgan fingerprint density at radius 2 is 1.76 bits per heavy atom. The summed E-state index contributed by atoms with van der Waals surface area (Å²) >= 11 is 1.12. The summed E-state index contributed by atoms with van der Waals surface area (Å²) < 4.78 is 41.9. The highest BCUT2D eigenvalue weighted by molar-refractivity contribution is 8.16. The zero-order chi connectivity index (χ0) is 18.0. The lowest BCUT2D eigenvalue weighted by Crippen LogP contribution is -2.32. The minimum Gasteiger partial charge on any atom is -0.273 e. The number of amides is 1. The Bertz CT molecular complexity index is 913. The van der Waals surface area contributed by atoms with Crippen LogP contribution in [0.15, 0.2) is 63.9 Å². The lowest BCUT2D eigenvalue weighted by Gasteiger charge is -2.16. The van der Waals surface area contributed by atoms with Gasteiger partial charge in [-0.25, -0.2) is 4.39 Å². The Morgan fingerprint density at radius 3 is 2.36 bits per heavy atom. The number of nitrogens with zero attached hydrogens (tertiary/aromatic N) is 2. The van der Waals surface area contributed by atoms with Crippen LogP contribution in [0.2, 0.25) is 0 Å². The van der Waals surface area contributed by atoms with E-state index < -0.39 is 15.8 Å². The second kappa shape index (κ2) is 6.97. The molecule has 0 N–H and O–H groups in total. The van der Waals surface area contributed by atoms with Crippen molar-refractivity contribution in [3.05, 3.63) is 60.4 Å². The first-order valence-electron chi connectivity index (χ1n) is 7.58. The van der Waals surface area contributed by atoms with E-state index in [1.54, 1.807) is 30.3 Å². The Kier molecular flexibility index (Phi) is 4.91. The average molecular weight is 378 g/mol. The number of thioether (sulfide) groups is 1. The molecule has 2 aromatic rings. The monoisotopic (exact) mass is 378 g/mol. The molecule has 1 unspecified atom stereocenters. The van der Waals surface area contributed by atoms with Gasteiger partial charge in [-0.3, -0.25) is 9.69 Å². The number of amidine groups is 1. The van der Waals surface area contributed by atoms with Crippen molar-refractivity contribution in [2.45, 2.75) is 23.5 Å². The second-order valence-electron chi connectivity index (χ2n) is 5.33. The van der Waals surface area contributed by atoms with Crippen molar-refractivity contribution >= 4 is 38.5 Å². The molecular weight excluding hydrogens is 363 g/mol. The molecule has 0 radical (unpaired) electrons. The van der Waals surface area contributed by atoms with E-state index in [1.165, 1.54) is 4.90 Å². The maximum absolute atomic E-state index is 13.0. The molecule has 1 aliphatic heterocycles.